The van der Waals surface area contributed by atoms with E-state index in [-0.39, 0.29) is 18.0 Å². The van der Waals surface area contributed by atoms with E-state index in [2.05, 4.69) is 15.5 Å². The summed E-state index contributed by atoms with van der Waals surface area (Å²) in [4.78, 5) is 30.1. The topological polar surface area (TPSA) is 90.6 Å². The predicted octanol–water partition coefficient (Wildman–Crippen LogP) is 4.42. The minimum absolute atomic E-state index is 0.00190. The van der Waals surface area contributed by atoms with Gasteiger partial charge in [-0.05, 0) is 57.7 Å². The zero-order chi connectivity index (χ0) is 22.7. The highest BCUT2D eigenvalue weighted by Gasteiger charge is 2.31. The number of aromatic amines is 1. The lowest BCUT2D eigenvalue weighted by Gasteiger charge is -2.31. The number of amides is 3. The van der Waals surface area contributed by atoms with E-state index < -0.39 is 0 Å². The number of urea groups is 1. The quantitative estimate of drug-likeness (QED) is 0.738. The van der Waals surface area contributed by atoms with Crippen molar-refractivity contribution in [1.82, 2.24) is 20.0 Å². The highest BCUT2D eigenvalue weighted by molar-refractivity contribution is 5.98. The van der Waals surface area contributed by atoms with Crippen LogP contribution in [-0.2, 0) is 0 Å². The summed E-state index contributed by atoms with van der Waals surface area (Å²) in [5.41, 5.74) is 4.13. The SMILES string of the molecule is COc1ccc(C(=O)N2CCCC2)cc1NC(=O)N1CCCCC[C@H]1c1c(C)n[nH]c1C. The molecule has 0 bridgehead atoms. The summed E-state index contributed by atoms with van der Waals surface area (Å²) in [5, 5.41) is 10.4. The van der Waals surface area contributed by atoms with E-state index in [1.807, 2.05) is 23.6 Å². The molecule has 2 N–H and O–H groups in total. The molecule has 8 heteroatoms. The monoisotopic (exact) mass is 439 g/mol. The minimum atomic E-state index is -0.180. The standard InChI is InChI=1S/C24H33N5O3/c1-16-22(17(2)27-26-16)20-9-5-4-6-14-29(20)24(31)25-19-15-18(10-11-21(19)32-3)23(30)28-12-7-8-13-28/h10-11,15,20H,4-9,12-14H2,1-3H3,(H,25,31)(H,26,27)/t20-/m0/s1. The van der Waals surface area contributed by atoms with Crippen LogP contribution in [-0.4, -0.2) is 58.7 Å². The van der Waals surface area contributed by atoms with Crippen molar-refractivity contribution in [2.24, 2.45) is 0 Å². The number of nitrogens with one attached hydrogen (secondary N) is 2. The van der Waals surface area contributed by atoms with Crippen molar-refractivity contribution in [3.63, 3.8) is 0 Å². The first-order valence-electron chi connectivity index (χ1n) is 11.6. The van der Waals surface area contributed by atoms with Gasteiger partial charge in [0.05, 0.1) is 24.5 Å². The third-order valence-corrected chi connectivity index (χ3v) is 6.61. The van der Waals surface area contributed by atoms with Crippen molar-refractivity contribution >= 4 is 17.6 Å². The number of rotatable bonds is 4. The van der Waals surface area contributed by atoms with E-state index in [0.29, 0.717) is 23.5 Å². The lowest BCUT2D eigenvalue weighted by molar-refractivity contribution is 0.0792. The number of hydrogen-bond donors (Lipinski definition) is 2. The number of methoxy groups -OCH3 is 1. The van der Waals surface area contributed by atoms with Gasteiger partial charge in [0.25, 0.3) is 5.91 Å². The van der Waals surface area contributed by atoms with E-state index in [0.717, 1.165) is 68.6 Å². The largest absolute Gasteiger partial charge is 0.495 e. The summed E-state index contributed by atoms with van der Waals surface area (Å²) in [6.07, 6.45) is 6.11. The highest BCUT2D eigenvalue weighted by atomic mass is 16.5. The van der Waals surface area contributed by atoms with Crippen molar-refractivity contribution in [3.05, 3.63) is 40.7 Å². The number of carbonyl (C=O) groups excluding carboxylic acids is 2. The Hall–Kier alpha value is -3.03. The molecule has 1 aromatic carbocycles. The molecule has 3 amide bonds. The number of likely N-dealkylation sites (tertiary alicyclic amines) is 2. The molecule has 4 rings (SSSR count). The molecular weight excluding hydrogens is 406 g/mol. The Morgan fingerprint density at radius 3 is 2.53 bits per heavy atom. The number of hydrogen-bond acceptors (Lipinski definition) is 4. The van der Waals surface area contributed by atoms with Gasteiger partial charge in [-0.1, -0.05) is 12.8 Å². The molecule has 2 aliphatic heterocycles. The first-order chi connectivity index (χ1) is 15.5. The van der Waals surface area contributed by atoms with Crippen LogP contribution in [0, 0.1) is 13.8 Å². The second kappa shape index (κ2) is 9.63. The van der Waals surface area contributed by atoms with Crippen LogP contribution < -0.4 is 10.1 Å². The van der Waals surface area contributed by atoms with Crippen LogP contribution >= 0.6 is 0 Å². The summed E-state index contributed by atoms with van der Waals surface area (Å²) in [6, 6.07) is 5.04. The molecule has 0 unspecified atom stereocenters. The summed E-state index contributed by atoms with van der Waals surface area (Å²) >= 11 is 0. The maximum Gasteiger partial charge on any atom is 0.322 e. The molecular formula is C24H33N5O3. The van der Waals surface area contributed by atoms with Crippen molar-refractivity contribution in [3.8, 4) is 5.75 Å². The van der Waals surface area contributed by atoms with Crippen molar-refractivity contribution < 1.29 is 14.3 Å². The fourth-order valence-corrected chi connectivity index (χ4v) is 4.93. The summed E-state index contributed by atoms with van der Waals surface area (Å²) in [6.45, 7) is 6.23. The van der Waals surface area contributed by atoms with Crippen molar-refractivity contribution in [2.45, 2.75) is 58.4 Å². The number of anilines is 1. The number of benzene rings is 1. The second-order valence-electron chi connectivity index (χ2n) is 8.75. The molecule has 8 nitrogen and oxygen atoms in total. The number of ether oxygens (including phenoxy) is 1. The predicted molar refractivity (Wildman–Crippen MR) is 123 cm³/mol. The van der Waals surface area contributed by atoms with Gasteiger partial charge >= 0.3 is 6.03 Å². The van der Waals surface area contributed by atoms with Crippen LogP contribution in [0.5, 0.6) is 5.75 Å². The molecule has 2 aliphatic rings. The van der Waals surface area contributed by atoms with Gasteiger partial charge in [-0.15, -0.1) is 0 Å². The molecule has 3 heterocycles. The third-order valence-electron chi connectivity index (χ3n) is 6.61. The number of aryl methyl sites for hydroxylation is 2. The third kappa shape index (κ3) is 4.45. The average Bonchev–Trinajstić information content (AvgIpc) is 3.37. The van der Waals surface area contributed by atoms with Crippen LogP contribution in [0.2, 0.25) is 0 Å². The van der Waals surface area contributed by atoms with Crippen LogP contribution in [0.15, 0.2) is 18.2 Å². The van der Waals surface area contributed by atoms with E-state index in [1.165, 1.54) is 0 Å². The summed E-state index contributed by atoms with van der Waals surface area (Å²) in [7, 11) is 1.57. The summed E-state index contributed by atoms with van der Waals surface area (Å²) < 4.78 is 5.48. The first kappa shape index (κ1) is 22.2. The van der Waals surface area contributed by atoms with E-state index in [1.54, 1.807) is 25.3 Å². The molecule has 32 heavy (non-hydrogen) atoms. The van der Waals surface area contributed by atoms with E-state index in [4.69, 9.17) is 4.74 Å². The number of carbonyl (C=O) groups is 2. The zero-order valence-corrected chi connectivity index (χ0v) is 19.2. The van der Waals surface area contributed by atoms with Crippen LogP contribution in [0.3, 0.4) is 0 Å². The Labute approximate surface area is 189 Å². The van der Waals surface area contributed by atoms with Crippen molar-refractivity contribution in [2.75, 3.05) is 32.1 Å². The number of H-pyrrole nitrogens is 1. The van der Waals surface area contributed by atoms with Gasteiger partial charge in [-0.25, -0.2) is 4.79 Å². The Morgan fingerprint density at radius 1 is 1.09 bits per heavy atom. The second-order valence-corrected chi connectivity index (χ2v) is 8.75. The lowest BCUT2D eigenvalue weighted by Crippen LogP contribution is -2.38. The molecule has 2 aromatic rings. The van der Waals surface area contributed by atoms with Crippen LogP contribution in [0.25, 0.3) is 0 Å². The molecule has 172 valence electrons. The Kier molecular flexibility index (Phi) is 6.67. The average molecular weight is 440 g/mol. The van der Waals surface area contributed by atoms with Gasteiger partial charge in [0.1, 0.15) is 5.75 Å². The highest BCUT2D eigenvalue weighted by Crippen LogP contribution is 2.34. The fourth-order valence-electron chi connectivity index (χ4n) is 4.93. The Morgan fingerprint density at radius 2 is 1.84 bits per heavy atom. The number of aromatic nitrogens is 2. The van der Waals surface area contributed by atoms with E-state index in [9.17, 15) is 9.59 Å². The fraction of sp³-hybridized carbons (Fsp3) is 0.542. The van der Waals surface area contributed by atoms with Crippen LogP contribution in [0.4, 0.5) is 10.5 Å². The lowest BCUT2D eigenvalue weighted by atomic mass is 9.99. The molecule has 0 radical (unpaired) electrons. The minimum Gasteiger partial charge on any atom is -0.495 e. The molecule has 0 spiro atoms. The maximum absolute atomic E-state index is 13.5. The normalized spacial score (nSPS) is 19.0. The smallest absolute Gasteiger partial charge is 0.322 e. The maximum atomic E-state index is 13.5. The molecule has 1 aromatic heterocycles. The van der Waals surface area contributed by atoms with Gasteiger partial charge in [-0.3, -0.25) is 9.89 Å². The van der Waals surface area contributed by atoms with Crippen molar-refractivity contribution in [1.29, 1.82) is 0 Å². The Balaban J connectivity index is 1.59. The van der Waals surface area contributed by atoms with Gasteiger partial charge in [0, 0.05) is 36.5 Å². The van der Waals surface area contributed by atoms with E-state index >= 15 is 0 Å². The molecule has 1 atom stereocenters. The first-order valence-corrected chi connectivity index (χ1v) is 11.6. The molecule has 2 saturated heterocycles. The molecule has 0 aliphatic carbocycles. The van der Waals surface area contributed by atoms with Gasteiger partial charge in [-0.2, -0.15) is 5.10 Å². The Bertz CT molecular complexity index is 961. The van der Waals surface area contributed by atoms with Crippen LogP contribution in [0.1, 0.15) is 71.9 Å². The van der Waals surface area contributed by atoms with Gasteiger partial charge in [0.2, 0.25) is 0 Å². The van der Waals surface area contributed by atoms with Gasteiger partial charge < -0.3 is 19.9 Å². The summed E-state index contributed by atoms with van der Waals surface area (Å²) in [5.74, 6) is 0.538. The van der Waals surface area contributed by atoms with Gasteiger partial charge in [0.15, 0.2) is 0 Å². The number of nitrogens with zero attached hydrogens (tertiary/aromatic N) is 3. The molecule has 0 saturated carbocycles. The molecule has 2 fully saturated rings. The zero-order valence-electron chi connectivity index (χ0n) is 19.2.